The molecule has 47 heavy (non-hydrogen) atoms. The number of aliphatic carboxylic acids is 1. The van der Waals surface area contributed by atoms with E-state index < -0.39 is 69.4 Å². The van der Waals surface area contributed by atoms with Crippen LogP contribution < -0.4 is 9.64 Å². The summed E-state index contributed by atoms with van der Waals surface area (Å²) >= 11 is 0. The summed E-state index contributed by atoms with van der Waals surface area (Å²) in [5.41, 5.74) is 0. The Morgan fingerprint density at radius 2 is 1.21 bits per heavy atom. The Bertz CT molecular complexity index is 2120. The molecule has 0 bridgehead atoms. The number of amides is 1. The van der Waals surface area contributed by atoms with Crippen LogP contribution in [0.2, 0.25) is 0 Å². The molecule has 1 atom stereocenters. The van der Waals surface area contributed by atoms with Crippen LogP contribution in [0.5, 0.6) is 5.75 Å². The van der Waals surface area contributed by atoms with Crippen LogP contribution >= 0.6 is 0 Å². The first-order valence-corrected chi connectivity index (χ1v) is 18.7. The van der Waals surface area contributed by atoms with Crippen molar-refractivity contribution in [2.45, 2.75) is 41.9 Å². The van der Waals surface area contributed by atoms with Crippen LogP contribution in [0.15, 0.2) is 51.1 Å². The van der Waals surface area contributed by atoms with E-state index in [1.807, 2.05) is 0 Å². The second-order valence-corrected chi connectivity index (χ2v) is 15.0. The molecule has 15 nitrogen and oxygen atoms in total. The highest BCUT2D eigenvalue weighted by molar-refractivity contribution is 7.87. The molecule has 1 amide bonds. The number of hydrogen-bond donors (Lipinski definition) is 2. The summed E-state index contributed by atoms with van der Waals surface area (Å²) in [6, 6.07) is 5.68. The van der Waals surface area contributed by atoms with Crippen LogP contribution in [-0.4, -0.2) is 100 Å². The quantitative estimate of drug-likeness (QED) is 0.169. The van der Waals surface area contributed by atoms with E-state index in [0.717, 1.165) is 24.3 Å². The summed E-state index contributed by atoms with van der Waals surface area (Å²) in [7, 11) is -16.0. The average Bonchev–Trinajstić information content (AvgIpc) is 3.49. The number of hydrogen-bond acceptors (Lipinski definition) is 12. The third-order valence-corrected chi connectivity index (χ3v) is 10.9. The van der Waals surface area contributed by atoms with Gasteiger partial charge in [0.25, 0.3) is 5.91 Å². The fourth-order valence-electron chi connectivity index (χ4n) is 5.78. The Morgan fingerprint density at radius 3 is 1.60 bits per heavy atom. The van der Waals surface area contributed by atoms with Crippen LogP contribution in [0.3, 0.4) is 0 Å². The van der Waals surface area contributed by atoms with Gasteiger partial charge in [0.15, 0.2) is 6.61 Å². The predicted octanol–water partition coefficient (Wildman–Crippen LogP) is 0.539. The van der Waals surface area contributed by atoms with E-state index >= 15 is 0 Å². The monoisotopic (exact) mass is 712 g/mol. The van der Waals surface area contributed by atoms with E-state index in [2.05, 4.69) is 20.8 Å². The van der Waals surface area contributed by atoms with Crippen molar-refractivity contribution in [2.24, 2.45) is 5.92 Å². The second-order valence-electron chi connectivity index (χ2n) is 10.9. The number of likely N-dealkylation sites (tertiary alicyclic amines) is 1. The number of carboxylic acids is 1. The van der Waals surface area contributed by atoms with E-state index in [0.29, 0.717) is 6.07 Å². The Kier molecular flexibility index (Phi) is 10.4. The highest BCUT2D eigenvalue weighted by atomic mass is 32.2. The lowest BCUT2D eigenvalue weighted by molar-refractivity contribution is -0.894. The molecule has 1 aliphatic heterocycles. The number of quaternary nitrogens is 1. The first-order chi connectivity index (χ1) is 21.8. The van der Waals surface area contributed by atoms with Gasteiger partial charge < -0.3 is 33.3 Å². The summed E-state index contributed by atoms with van der Waals surface area (Å²) in [5.74, 6) is -2.82. The zero-order valence-electron chi connectivity index (χ0n) is 25.5. The average molecular weight is 713 g/mol. The molecule has 1 fully saturated rings. The number of rotatable bonds is 10. The molecule has 0 aromatic heterocycles. The van der Waals surface area contributed by atoms with Crippen LogP contribution in [-0.2, 0) is 39.9 Å². The Hall–Kier alpha value is -3.65. The van der Waals surface area contributed by atoms with Gasteiger partial charge in [-0.3, -0.25) is 9.59 Å². The number of carboxylic acid groups (broad SMARTS) is 1. The van der Waals surface area contributed by atoms with E-state index in [1.54, 1.807) is 4.90 Å². The van der Waals surface area contributed by atoms with Crippen LogP contribution in [0.4, 0.5) is 0 Å². The molecule has 1 unspecified atom stereocenters. The summed E-state index contributed by atoms with van der Waals surface area (Å²) in [5, 5.41) is 7.71. The molecule has 0 radical (unpaired) electrons. The van der Waals surface area contributed by atoms with Crippen molar-refractivity contribution in [3.05, 3.63) is 36.4 Å². The highest BCUT2D eigenvalue weighted by Crippen LogP contribution is 2.45. The zero-order chi connectivity index (χ0) is 35.1. The van der Waals surface area contributed by atoms with Gasteiger partial charge in [-0.25, -0.2) is 25.3 Å². The molecule has 1 saturated heterocycles. The van der Waals surface area contributed by atoms with Crippen molar-refractivity contribution in [1.29, 1.82) is 0 Å². The van der Waals surface area contributed by atoms with Crippen molar-refractivity contribution in [3.63, 3.8) is 0 Å². The summed E-state index contributed by atoms with van der Waals surface area (Å²) in [6.07, 6.45) is 0.217. The molecule has 4 aromatic carbocycles. The number of ether oxygens (including phenoxy) is 1. The number of carbonyl (C=O) groups excluding carboxylic acids is 1. The minimum absolute atomic E-state index is 0.00725. The molecular formula is C29H32N2O13S3-2. The van der Waals surface area contributed by atoms with Gasteiger partial charge in [-0.1, -0.05) is 18.2 Å². The topological polar surface area (TPSA) is 243 Å². The fourth-order valence-corrected chi connectivity index (χ4v) is 7.94. The van der Waals surface area contributed by atoms with E-state index in [9.17, 15) is 48.5 Å². The molecule has 0 aliphatic carbocycles. The molecule has 4 aromatic rings. The number of nitrogens with zero attached hydrogens (tertiary/aromatic N) is 1. The normalized spacial score (nSPS) is 15.8. The third-order valence-electron chi connectivity index (χ3n) is 8.30. The molecule has 18 heteroatoms. The van der Waals surface area contributed by atoms with Crippen molar-refractivity contribution in [2.75, 3.05) is 39.3 Å². The lowest BCUT2D eigenvalue weighted by atomic mass is 9.93. The number of nitrogens with one attached hydrogen (secondary N) is 1. The number of carbonyl (C=O) groups is 2. The van der Waals surface area contributed by atoms with Gasteiger partial charge in [-0.05, 0) is 45.4 Å². The maximum Gasteiger partial charge on any atom is 0.308 e. The Balaban J connectivity index is 0.000000644. The van der Waals surface area contributed by atoms with Gasteiger partial charge >= 0.3 is 5.97 Å². The van der Waals surface area contributed by atoms with Gasteiger partial charge in [-0.2, -0.15) is 0 Å². The van der Waals surface area contributed by atoms with Gasteiger partial charge in [0, 0.05) is 45.4 Å². The molecule has 5 rings (SSSR count). The van der Waals surface area contributed by atoms with Crippen LogP contribution in [0.25, 0.3) is 32.3 Å². The summed E-state index contributed by atoms with van der Waals surface area (Å²) in [6.45, 7) is 9.85. The first-order valence-electron chi connectivity index (χ1n) is 14.5. The molecule has 2 N–H and O–H groups in total. The number of benzene rings is 4. The second kappa shape index (κ2) is 13.5. The minimum atomic E-state index is -5.36. The Labute approximate surface area is 271 Å². The molecule has 1 heterocycles. The summed E-state index contributed by atoms with van der Waals surface area (Å²) < 4.78 is 114. The maximum atomic E-state index is 12.7. The largest absolute Gasteiger partial charge is 0.744 e. The standard InChI is InChI=1S/C23H19NO13S3.C6H15N/c25-20(24-6-5-11(9-24)23(26)27)10-37-16-7-17(38(28,29)30)13-3-4-15-19(40(34,35)36)8-18(39(31,32)33)14-2-1-12(16)21(13)22(14)15;1-4-7(5-2)6-3/h1-4,7-8,11H,5-6,9-10H2,(H,26,27)(H,28,29,30)(H,31,32,33)(H,34,35,36);4-6H2,1-3H3/p-2. The molecule has 0 saturated carbocycles. The molecule has 1 aliphatic rings. The smallest absolute Gasteiger partial charge is 0.308 e. The lowest BCUT2D eigenvalue weighted by Gasteiger charge is -2.23. The van der Waals surface area contributed by atoms with Crippen LogP contribution in [0, 0.1) is 5.92 Å². The van der Waals surface area contributed by atoms with E-state index in [4.69, 9.17) is 9.84 Å². The zero-order valence-corrected chi connectivity index (χ0v) is 28.0. The SMILES string of the molecule is CC[NH+](CC)CC.O=C(O)C1CCN(C(=O)COc2cc(S(=O)(=O)[O-])c3ccc4c(S(=O)(=O)[O-])cc(S(=O)(=O)[O-])c5ccc2c3c54)C1. The van der Waals surface area contributed by atoms with Gasteiger partial charge in [-0.15, -0.1) is 0 Å². The third kappa shape index (κ3) is 7.43. The highest BCUT2D eigenvalue weighted by Gasteiger charge is 2.31. The minimum Gasteiger partial charge on any atom is -0.744 e. The van der Waals surface area contributed by atoms with Gasteiger partial charge in [0.2, 0.25) is 0 Å². The predicted molar refractivity (Wildman–Crippen MR) is 164 cm³/mol. The van der Waals surface area contributed by atoms with E-state index in [-0.39, 0.29) is 57.6 Å². The molecular weight excluding hydrogens is 681 g/mol. The van der Waals surface area contributed by atoms with Gasteiger partial charge in [0.05, 0.1) is 40.2 Å². The van der Waals surface area contributed by atoms with E-state index in [1.165, 1.54) is 30.6 Å². The fraction of sp³-hybridized carbons (Fsp3) is 0.379. The first kappa shape index (κ1) is 36.2. The molecule has 256 valence electrons. The summed E-state index contributed by atoms with van der Waals surface area (Å²) in [4.78, 5) is 23.8. The van der Waals surface area contributed by atoms with Crippen molar-refractivity contribution in [3.8, 4) is 5.75 Å². The van der Waals surface area contributed by atoms with Crippen molar-refractivity contribution >= 4 is 74.5 Å². The lowest BCUT2D eigenvalue weighted by Crippen LogP contribution is -3.11. The Morgan fingerprint density at radius 1 is 0.787 bits per heavy atom. The van der Waals surface area contributed by atoms with Crippen molar-refractivity contribution < 1.29 is 63.2 Å². The van der Waals surface area contributed by atoms with Crippen molar-refractivity contribution in [1.82, 2.24) is 4.90 Å². The van der Waals surface area contributed by atoms with Crippen LogP contribution in [0.1, 0.15) is 27.2 Å². The van der Waals surface area contributed by atoms with Gasteiger partial charge in [0.1, 0.15) is 36.1 Å². The molecule has 0 spiro atoms. The maximum absolute atomic E-state index is 12.7.